The third-order valence-corrected chi connectivity index (χ3v) is 2.78. The average molecular weight is 210 g/mol. The lowest BCUT2D eigenvalue weighted by molar-refractivity contribution is -0.109. The lowest BCUT2D eigenvalue weighted by Gasteiger charge is -1.87. The van der Waals surface area contributed by atoms with E-state index in [1.807, 2.05) is 16.8 Å². The zero-order chi connectivity index (χ0) is 9.52. The molecule has 0 N–H and O–H groups in total. The topological polar surface area (TPSA) is 17.1 Å². The van der Waals surface area contributed by atoms with Gasteiger partial charge in [-0.05, 0) is 11.4 Å². The second-order valence-corrected chi connectivity index (χ2v) is 4.46. The van der Waals surface area contributed by atoms with Crippen molar-refractivity contribution in [1.82, 2.24) is 0 Å². The summed E-state index contributed by atoms with van der Waals surface area (Å²) in [6.07, 6.45) is 0.778. The van der Waals surface area contributed by atoms with Crippen molar-refractivity contribution in [1.29, 1.82) is 0 Å². The van der Waals surface area contributed by atoms with Gasteiger partial charge in [0.1, 0.15) is 0 Å². The molecule has 0 fully saturated rings. The maximum atomic E-state index is 10.6. The monoisotopic (exact) mass is 210 g/mol. The molecule has 1 rings (SSSR count). The molecule has 0 atom stereocenters. The number of thiophene rings is 1. The van der Waals surface area contributed by atoms with Crippen LogP contribution in [-0.2, 0) is 4.79 Å². The van der Waals surface area contributed by atoms with Gasteiger partial charge in [0, 0.05) is 30.0 Å². The predicted octanol–water partition coefficient (Wildman–Crippen LogP) is 2.77. The van der Waals surface area contributed by atoms with Crippen molar-refractivity contribution in [2.75, 3.05) is 5.75 Å². The van der Waals surface area contributed by atoms with Crippen LogP contribution in [-0.4, -0.2) is 10.9 Å². The first kappa shape index (κ1) is 10.4. The van der Waals surface area contributed by atoms with Crippen molar-refractivity contribution in [3.63, 3.8) is 0 Å². The third-order valence-electron chi connectivity index (χ3n) is 1.29. The first-order valence-electron chi connectivity index (χ1n) is 3.93. The highest BCUT2D eigenvalue weighted by Crippen LogP contribution is 2.04. The molecule has 1 aromatic rings. The van der Waals surface area contributed by atoms with Gasteiger partial charge in [-0.3, -0.25) is 4.79 Å². The molecule has 13 heavy (non-hydrogen) atoms. The molecule has 0 saturated heterocycles. The molecule has 0 aliphatic heterocycles. The molecule has 0 unspecified atom stereocenters. The van der Waals surface area contributed by atoms with E-state index in [4.69, 9.17) is 0 Å². The molecule has 0 saturated carbocycles. The Labute approximate surface area is 86.5 Å². The van der Waals surface area contributed by atoms with Gasteiger partial charge in [-0.25, -0.2) is 0 Å². The molecule has 0 bridgehead atoms. The number of hydrogen-bond acceptors (Lipinski definition) is 3. The normalized spacial score (nSPS) is 9.00. The predicted molar refractivity (Wildman–Crippen MR) is 59.0 cm³/mol. The summed E-state index contributed by atoms with van der Waals surface area (Å²) in [6.45, 7) is 1.58. The molecule has 1 heterocycles. The number of carbonyl (C=O) groups excluding carboxylic acids is 1. The fourth-order valence-electron chi connectivity index (χ4n) is 0.746. The van der Waals surface area contributed by atoms with E-state index in [1.165, 1.54) is 11.8 Å². The number of rotatable bonds is 2. The largest absolute Gasteiger partial charge is 0.288 e. The molecule has 1 aromatic heterocycles. The van der Waals surface area contributed by atoms with Gasteiger partial charge in [-0.15, -0.1) is 0 Å². The lowest BCUT2D eigenvalue weighted by Crippen LogP contribution is -1.83. The van der Waals surface area contributed by atoms with Crippen LogP contribution in [0, 0.1) is 11.8 Å². The Hall–Kier alpha value is -0.720. The standard InChI is InChI=1S/C10H10OS2/c1-9(11)13-6-3-2-4-10-5-7-12-8-10/h5,7-8H,3,6H2,1H3. The first-order chi connectivity index (χ1) is 6.29. The number of thioether (sulfide) groups is 1. The van der Waals surface area contributed by atoms with Gasteiger partial charge < -0.3 is 0 Å². The Morgan fingerprint density at radius 3 is 3.15 bits per heavy atom. The summed E-state index contributed by atoms with van der Waals surface area (Å²) in [4.78, 5) is 10.6. The van der Waals surface area contributed by atoms with Crippen molar-refractivity contribution in [3.8, 4) is 11.8 Å². The fraction of sp³-hybridized carbons (Fsp3) is 0.300. The van der Waals surface area contributed by atoms with Gasteiger partial charge in [0.25, 0.3) is 0 Å². The molecular weight excluding hydrogens is 200 g/mol. The molecule has 0 spiro atoms. The highest BCUT2D eigenvalue weighted by molar-refractivity contribution is 8.13. The minimum atomic E-state index is 0.164. The van der Waals surface area contributed by atoms with Crippen LogP contribution in [0.15, 0.2) is 16.8 Å². The zero-order valence-electron chi connectivity index (χ0n) is 7.37. The van der Waals surface area contributed by atoms with E-state index in [-0.39, 0.29) is 5.12 Å². The van der Waals surface area contributed by atoms with Crippen LogP contribution in [0.1, 0.15) is 18.9 Å². The van der Waals surface area contributed by atoms with Gasteiger partial charge in [0.05, 0.1) is 0 Å². The Kier molecular flexibility index (Phi) is 4.66. The molecule has 0 radical (unpaired) electrons. The van der Waals surface area contributed by atoms with Crippen LogP contribution in [0.5, 0.6) is 0 Å². The average Bonchev–Trinajstić information content (AvgIpc) is 2.55. The van der Waals surface area contributed by atoms with E-state index >= 15 is 0 Å². The SMILES string of the molecule is CC(=O)SCCC#Cc1ccsc1. The maximum Gasteiger partial charge on any atom is 0.185 e. The summed E-state index contributed by atoms with van der Waals surface area (Å²) in [5.41, 5.74) is 1.07. The second-order valence-electron chi connectivity index (χ2n) is 2.40. The molecule has 0 amide bonds. The molecule has 0 aliphatic carbocycles. The summed E-state index contributed by atoms with van der Waals surface area (Å²) in [6, 6.07) is 2.00. The van der Waals surface area contributed by atoms with Crippen molar-refractivity contribution < 1.29 is 4.79 Å². The summed E-state index contributed by atoms with van der Waals surface area (Å²) in [5.74, 6) is 6.86. The van der Waals surface area contributed by atoms with Crippen LogP contribution in [0.2, 0.25) is 0 Å². The Morgan fingerprint density at radius 2 is 2.54 bits per heavy atom. The van der Waals surface area contributed by atoms with Crippen LogP contribution >= 0.6 is 23.1 Å². The lowest BCUT2D eigenvalue weighted by atomic mass is 10.3. The number of hydrogen-bond donors (Lipinski definition) is 0. The smallest absolute Gasteiger partial charge is 0.185 e. The van der Waals surface area contributed by atoms with Gasteiger partial charge in [-0.2, -0.15) is 11.3 Å². The van der Waals surface area contributed by atoms with E-state index < -0.39 is 0 Å². The van der Waals surface area contributed by atoms with Crippen LogP contribution in [0.4, 0.5) is 0 Å². The van der Waals surface area contributed by atoms with Crippen molar-refractivity contribution in [2.24, 2.45) is 0 Å². The summed E-state index contributed by atoms with van der Waals surface area (Å²) in [7, 11) is 0. The van der Waals surface area contributed by atoms with Crippen LogP contribution < -0.4 is 0 Å². The van der Waals surface area contributed by atoms with Crippen LogP contribution in [0.3, 0.4) is 0 Å². The second kappa shape index (κ2) is 5.85. The molecule has 68 valence electrons. The maximum absolute atomic E-state index is 10.6. The Morgan fingerprint density at radius 1 is 1.69 bits per heavy atom. The summed E-state index contributed by atoms with van der Waals surface area (Å²) >= 11 is 2.98. The van der Waals surface area contributed by atoms with Crippen molar-refractivity contribution in [3.05, 3.63) is 22.4 Å². The van der Waals surface area contributed by atoms with Crippen LogP contribution in [0.25, 0.3) is 0 Å². The van der Waals surface area contributed by atoms with Crippen molar-refractivity contribution in [2.45, 2.75) is 13.3 Å². The van der Waals surface area contributed by atoms with E-state index in [9.17, 15) is 4.79 Å². The van der Waals surface area contributed by atoms with E-state index in [0.717, 1.165) is 17.7 Å². The first-order valence-corrected chi connectivity index (χ1v) is 5.86. The van der Waals surface area contributed by atoms with E-state index in [0.29, 0.717) is 0 Å². The van der Waals surface area contributed by atoms with Gasteiger partial charge in [-0.1, -0.05) is 23.6 Å². The van der Waals surface area contributed by atoms with E-state index in [2.05, 4.69) is 11.8 Å². The van der Waals surface area contributed by atoms with Crippen molar-refractivity contribution >= 4 is 28.2 Å². The van der Waals surface area contributed by atoms with Gasteiger partial charge in [0.15, 0.2) is 5.12 Å². The highest BCUT2D eigenvalue weighted by atomic mass is 32.2. The zero-order valence-corrected chi connectivity index (χ0v) is 9.00. The molecule has 1 nitrogen and oxygen atoms in total. The molecule has 0 aromatic carbocycles. The van der Waals surface area contributed by atoms with Gasteiger partial charge in [0.2, 0.25) is 0 Å². The molecular formula is C10H10OS2. The summed E-state index contributed by atoms with van der Waals surface area (Å²) < 4.78 is 0. The number of carbonyl (C=O) groups is 1. The third kappa shape index (κ3) is 4.76. The quantitative estimate of drug-likeness (QED) is 0.551. The Bertz CT molecular complexity index is 316. The molecule has 3 heteroatoms. The minimum absolute atomic E-state index is 0.164. The van der Waals surface area contributed by atoms with Gasteiger partial charge >= 0.3 is 0 Å². The molecule has 0 aliphatic rings. The summed E-state index contributed by atoms with van der Waals surface area (Å²) in [5, 5.41) is 4.19. The fourth-order valence-corrected chi connectivity index (χ4v) is 1.83. The minimum Gasteiger partial charge on any atom is -0.288 e. The highest BCUT2D eigenvalue weighted by Gasteiger charge is 1.90. The van der Waals surface area contributed by atoms with E-state index in [1.54, 1.807) is 18.3 Å². The Balaban J connectivity index is 2.22.